The summed E-state index contributed by atoms with van der Waals surface area (Å²) in [6.45, 7) is 6.01. The number of amides is 1. The highest BCUT2D eigenvalue weighted by Gasteiger charge is 2.31. The summed E-state index contributed by atoms with van der Waals surface area (Å²) in [5.74, 6) is 1.53. The van der Waals surface area contributed by atoms with Crippen LogP contribution in [0.5, 0.6) is 5.75 Å². The van der Waals surface area contributed by atoms with Gasteiger partial charge in [0.2, 0.25) is 5.91 Å². The molecule has 0 saturated carbocycles. The van der Waals surface area contributed by atoms with Crippen molar-refractivity contribution in [2.45, 2.75) is 71.4 Å². The number of benzene rings is 3. The number of unbranched alkanes of at least 4 members (excludes halogenated alkanes) is 1. The van der Waals surface area contributed by atoms with Crippen LogP contribution in [0, 0.1) is 6.92 Å². The Morgan fingerprint density at radius 2 is 1.70 bits per heavy atom. The molecule has 0 aliphatic carbocycles. The minimum Gasteiger partial charge on any atom is -0.489 e. The Kier molecular flexibility index (Phi) is 9.72. The van der Waals surface area contributed by atoms with Gasteiger partial charge in [-0.15, -0.1) is 0 Å². The van der Waals surface area contributed by atoms with Crippen LogP contribution in [0.2, 0.25) is 0 Å². The number of carbonyl (C=O) groups is 2. The number of imidazole rings is 1. The van der Waals surface area contributed by atoms with E-state index < -0.39 is 6.04 Å². The summed E-state index contributed by atoms with van der Waals surface area (Å²) in [7, 11) is 0. The zero-order valence-electron chi connectivity index (χ0n) is 25.2. The SMILES string of the molecule is CCC(=O)CCCCC(c1c(C)[nH]c2ccc(OCc3ccccc3)cc12)[C@H](NC(C)=O)c1ncc(-c2ccccc2)[nH]1. The van der Waals surface area contributed by atoms with Crippen LogP contribution in [0.3, 0.4) is 0 Å². The number of hydrogen-bond acceptors (Lipinski definition) is 4. The molecule has 0 saturated heterocycles. The lowest BCUT2D eigenvalue weighted by atomic mass is 9.84. The van der Waals surface area contributed by atoms with Gasteiger partial charge < -0.3 is 20.0 Å². The second-order valence-corrected chi connectivity index (χ2v) is 11.1. The van der Waals surface area contributed by atoms with Gasteiger partial charge in [-0.3, -0.25) is 9.59 Å². The van der Waals surface area contributed by atoms with Crippen LogP contribution < -0.4 is 10.1 Å². The van der Waals surface area contributed by atoms with Gasteiger partial charge in [-0.2, -0.15) is 0 Å². The number of rotatable bonds is 14. The first-order valence-corrected chi connectivity index (χ1v) is 15.1. The van der Waals surface area contributed by atoms with Crippen molar-refractivity contribution in [3.63, 3.8) is 0 Å². The third kappa shape index (κ3) is 7.41. The van der Waals surface area contributed by atoms with Crippen molar-refractivity contribution in [2.75, 3.05) is 0 Å². The van der Waals surface area contributed by atoms with Gasteiger partial charge in [0, 0.05) is 42.3 Å². The zero-order chi connectivity index (χ0) is 30.2. The lowest BCUT2D eigenvalue weighted by Gasteiger charge is -2.27. The average molecular weight is 577 g/mol. The molecule has 1 amide bonds. The molecule has 5 rings (SSSR count). The standard InChI is InChI=1S/C36H40N4O3/c1-4-28(42)17-11-12-18-30(35(39-25(3)41)36-37-22-33(40-36)27-15-9-6-10-16-27)34-24(2)38-32-20-19-29(21-31(32)34)43-23-26-13-7-5-8-14-26/h5-10,13-16,19-22,30,35,38H,4,11-12,17-18,23H2,1-3H3,(H,37,40)(H,39,41)/t30?,35-/m0/s1. The minimum absolute atomic E-state index is 0.103. The van der Waals surface area contributed by atoms with Crippen LogP contribution in [-0.4, -0.2) is 26.6 Å². The number of ketones is 1. The molecule has 0 radical (unpaired) electrons. The number of H-pyrrole nitrogens is 2. The predicted octanol–water partition coefficient (Wildman–Crippen LogP) is 7.95. The molecule has 2 heterocycles. The number of Topliss-reactive ketones (excluding diaryl/α,β-unsaturated/α-hetero) is 1. The third-order valence-corrected chi connectivity index (χ3v) is 7.98. The van der Waals surface area contributed by atoms with Gasteiger partial charge >= 0.3 is 0 Å². The second-order valence-electron chi connectivity index (χ2n) is 11.1. The van der Waals surface area contributed by atoms with Crippen LogP contribution in [0.15, 0.2) is 85.1 Å². The van der Waals surface area contributed by atoms with Gasteiger partial charge in [0.15, 0.2) is 0 Å². The Balaban J connectivity index is 1.52. The molecule has 0 fully saturated rings. The van der Waals surface area contributed by atoms with Crippen molar-refractivity contribution in [3.05, 3.63) is 108 Å². The van der Waals surface area contributed by atoms with Crippen LogP contribution in [0.25, 0.3) is 22.2 Å². The summed E-state index contributed by atoms with van der Waals surface area (Å²) in [6.07, 6.45) is 5.36. The molecule has 2 atom stereocenters. The van der Waals surface area contributed by atoms with Gasteiger partial charge in [-0.05, 0) is 54.7 Å². The number of aromatic nitrogens is 3. The molecule has 7 heteroatoms. The fourth-order valence-electron chi connectivity index (χ4n) is 5.81. The van der Waals surface area contributed by atoms with Gasteiger partial charge in [-0.1, -0.05) is 74.0 Å². The molecule has 43 heavy (non-hydrogen) atoms. The smallest absolute Gasteiger partial charge is 0.217 e. The Hall–Kier alpha value is -4.65. The van der Waals surface area contributed by atoms with Crippen LogP contribution >= 0.6 is 0 Å². The van der Waals surface area contributed by atoms with Gasteiger partial charge in [0.05, 0.1) is 17.9 Å². The summed E-state index contributed by atoms with van der Waals surface area (Å²) in [4.78, 5) is 36.5. The van der Waals surface area contributed by atoms with E-state index in [0.29, 0.717) is 25.3 Å². The summed E-state index contributed by atoms with van der Waals surface area (Å²) >= 11 is 0. The maximum Gasteiger partial charge on any atom is 0.217 e. The summed E-state index contributed by atoms with van der Waals surface area (Å²) < 4.78 is 6.20. The summed E-state index contributed by atoms with van der Waals surface area (Å²) in [6, 6.07) is 25.9. The monoisotopic (exact) mass is 576 g/mol. The van der Waals surface area contributed by atoms with Crippen LogP contribution in [0.4, 0.5) is 0 Å². The number of nitrogens with one attached hydrogen (secondary N) is 3. The molecular formula is C36H40N4O3. The van der Waals surface area contributed by atoms with Crippen molar-refractivity contribution in [2.24, 2.45) is 0 Å². The molecular weight excluding hydrogens is 536 g/mol. The normalized spacial score (nSPS) is 12.6. The third-order valence-electron chi connectivity index (χ3n) is 7.98. The Morgan fingerprint density at radius 1 is 0.953 bits per heavy atom. The highest BCUT2D eigenvalue weighted by molar-refractivity contribution is 5.87. The molecule has 0 aliphatic rings. The molecule has 0 bridgehead atoms. The fourth-order valence-corrected chi connectivity index (χ4v) is 5.81. The highest BCUT2D eigenvalue weighted by atomic mass is 16.5. The lowest BCUT2D eigenvalue weighted by molar-refractivity contribution is -0.120. The fraction of sp³-hybridized carbons (Fsp3) is 0.306. The topological polar surface area (TPSA) is 99.9 Å². The minimum atomic E-state index is -0.400. The first-order valence-electron chi connectivity index (χ1n) is 15.1. The molecule has 5 aromatic rings. The first kappa shape index (κ1) is 29.8. The second kappa shape index (κ2) is 14.0. The van der Waals surface area contributed by atoms with Crippen molar-refractivity contribution < 1.29 is 14.3 Å². The molecule has 7 nitrogen and oxygen atoms in total. The largest absolute Gasteiger partial charge is 0.489 e. The van der Waals surface area contributed by atoms with Crippen LogP contribution in [0.1, 0.15) is 80.6 Å². The Bertz CT molecular complexity index is 1660. The average Bonchev–Trinajstić information content (AvgIpc) is 3.64. The Labute approximate surface area is 253 Å². The molecule has 1 unspecified atom stereocenters. The molecule has 3 aromatic carbocycles. The quantitative estimate of drug-likeness (QED) is 0.117. The molecule has 2 aromatic heterocycles. The Morgan fingerprint density at radius 3 is 2.42 bits per heavy atom. The number of ether oxygens (including phenoxy) is 1. The number of fused-ring (bicyclic) bond motifs is 1. The van der Waals surface area contributed by atoms with Crippen molar-refractivity contribution in [3.8, 4) is 17.0 Å². The van der Waals surface area contributed by atoms with Crippen molar-refractivity contribution in [1.29, 1.82) is 0 Å². The molecule has 222 valence electrons. The van der Waals surface area contributed by atoms with E-state index in [1.54, 1.807) is 6.92 Å². The van der Waals surface area contributed by atoms with Crippen molar-refractivity contribution >= 4 is 22.6 Å². The number of nitrogens with zero attached hydrogens (tertiary/aromatic N) is 1. The zero-order valence-corrected chi connectivity index (χ0v) is 25.2. The number of aromatic amines is 2. The van der Waals surface area contributed by atoms with Gasteiger partial charge in [-0.25, -0.2) is 4.98 Å². The molecule has 0 aliphatic heterocycles. The van der Waals surface area contributed by atoms with E-state index in [9.17, 15) is 9.59 Å². The van der Waals surface area contributed by atoms with E-state index in [1.165, 1.54) is 0 Å². The van der Waals surface area contributed by atoms with Crippen LogP contribution in [-0.2, 0) is 16.2 Å². The maximum atomic E-state index is 12.6. The highest BCUT2D eigenvalue weighted by Crippen LogP contribution is 2.41. The lowest BCUT2D eigenvalue weighted by Crippen LogP contribution is -2.32. The first-order chi connectivity index (χ1) is 20.9. The number of aryl methyl sites for hydroxylation is 1. The van der Waals surface area contributed by atoms with Gasteiger partial charge in [0.25, 0.3) is 0 Å². The summed E-state index contributed by atoms with van der Waals surface area (Å²) in [5, 5.41) is 4.28. The number of carbonyl (C=O) groups excluding carboxylic acids is 2. The predicted molar refractivity (Wildman–Crippen MR) is 171 cm³/mol. The van der Waals surface area contributed by atoms with E-state index in [2.05, 4.69) is 46.5 Å². The van der Waals surface area contributed by atoms with E-state index in [-0.39, 0.29) is 17.6 Å². The van der Waals surface area contributed by atoms with E-state index >= 15 is 0 Å². The van der Waals surface area contributed by atoms with Gasteiger partial charge in [0.1, 0.15) is 24.0 Å². The van der Waals surface area contributed by atoms with E-state index in [0.717, 1.165) is 64.0 Å². The van der Waals surface area contributed by atoms with E-state index in [4.69, 9.17) is 9.72 Å². The van der Waals surface area contributed by atoms with Crippen molar-refractivity contribution in [1.82, 2.24) is 20.3 Å². The molecule has 3 N–H and O–H groups in total. The van der Waals surface area contributed by atoms with E-state index in [1.807, 2.05) is 67.7 Å². The molecule has 0 spiro atoms. The number of hydrogen-bond donors (Lipinski definition) is 3. The summed E-state index contributed by atoms with van der Waals surface area (Å²) in [5.41, 5.74) is 6.20. The maximum absolute atomic E-state index is 12.6.